The van der Waals surface area contributed by atoms with Gasteiger partial charge >= 0.3 is 6.47 Å². The molecule has 0 bridgehead atoms. The highest BCUT2D eigenvalue weighted by Crippen LogP contribution is 2.70. The minimum atomic E-state index is -1.41. The number of ketones is 1. The predicted molar refractivity (Wildman–Crippen MR) is 202 cm³/mol. The van der Waals surface area contributed by atoms with E-state index >= 15 is 4.79 Å². The van der Waals surface area contributed by atoms with Crippen LogP contribution in [0.4, 0.5) is 0 Å². The molecule has 5 nitrogen and oxygen atoms in total. The summed E-state index contributed by atoms with van der Waals surface area (Å²) in [5.74, 6) is 3.88. The fraction of sp³-hybridized carbons (Fsp3) is 0.689. The van der Waals surface area contributed by atoms with Crippen molar-refractivity contribution in [2.24, 2.45) is 63.7 Å². The normalized spacial score (nSPS) is 35.4. The van der Waals surface area contributed by atoms with Gasteiger partial charge in [-0.05, 0) is 146 Å². The van der Waals surface area contributed by atoms with E-state index in [0.717, 1.165) is 83.9 Å². The zero-order chi connectivity index (χ0) is 35.3. The second kappa shape index (κ2) is 14.1. The summed E-state index contributed by atoms with van der Waals surface area (Å²) >= 11 is 0. The monoisotopic (exact) mass is 679 g/mol. The van der Waals surface area contributed by atoms with Crippen LogP contribution in [0.3, 0.4) is 0 Å². The summed E-state index contributed by atoms with van der Waals surface area (Å²) in [5, 5.41) is 0. The van der Waals surface area contributed by atoms with Crippen LogP contribution in [0.1, 0.15) is 135 Å². The van der Waals surface area contributed by atoms with Gasteiger partial charge in [-0.15, -0.1) is 0 Å². The fourth-order valence-corrected chi connectivity index (χ4v) is 13.7. The van der Waals surface area contributed by atoms with Crippen LogP contribution in [0.5, 0.6) is 0 Å². The SMILES string of the molecule is CCC[C@@H](C)[C@H]1CCC2C3CCC4CC(C(O[C]=O)(C(=O)[C@@H](N)CCCCN)C5c6ccccc6-c6ccccc65)CC[C@]4(C)C3CC[C@@]21C. The Labute approximate surface area is 302 Å². The van der Waals surface area contributed by atoms with Crippen LogP contribution < -0.4 is 11.5 Å². The standard InChI is InChI=1S/C45H63N2O3/c1-5-12-29(2)37-20-21-38-36-19-18-30-27-31(22-24-43(30,3)39(36)23-25-44(37,38)4)45(50-28-48,42(49)40(47)17-10-11-26-46)41-34-15-8-6-13-32(34)33-14-7-9-16-35(33)41/h6-9,13-16,29-31,36-41H,5,10-12,17-27,46-47H2,1-4H3/t29-,30?,31?,36?,37-,38?,39?,40+,43+,44-,45?/m1/s1. The summed E-state index contributed by atoms with van der Waals surface area (Å²) in [6, 6.07) is 16.0. The average Bonchev–Trinajstić information content (AvgIpc) is 3.65. The molecule has 1 radical (unpaired) electrons. The van der Waals surface area contributed by atoms with Gasteiger partial charge < -0.3 is 16.2 Å². The van der Waals surface area contributed by atoms with Crippen molar-refractivity contribution in [3.8, 4) is 11.1 Å². The van der Waals surface area contributed by atoms with E-state index in [9.17, 15) is 4.79 Å². The molecule has 2 aromatic rings. The van der Waals surface area contributed by atoms with Gasteiger partial charge in [0.05, 0.1) is 12.0 Å². The van der Waals surface area contributed by atoms with E-state index in [0.29, 0.717) is 24.3 Å². The van der Waals surface area contributed by atoms with Gasteiger partial charge in [-0.2, -0.15) is 0 Å². The van der Waals surface area contributed by atoms with E-state index in [4.69, 9.17) is 16.2 Å². The molecule has 0 saturated heterocycles. The molecule has 271 valence electrons. The number of rotatable bonds is 13. The molecular formula is C45H63N2O3. The highest BCUT2D eigenvalue weighted by atomic mass is 16.5. The van der Waals surface area contributed by atoms with Gasteiger partial charge in [-0.25, -0.2) is 4.79 Å². The maximum atomic E-state index is 15.2. The highest BCUT2D eigenvalue weighted by Gasteiger charge is 2.64. The number of fused-ring (bicyclic) bond motifs is 8. The molecule has 0 heterocycles. The number of ether oxygens (including phenoxy) is 1. The minimum absolute atomic E-state index is 0.129. The Morgan fingerprint density at radius 1 is 0.900 bits per heavy atom. The van der Waals surface area contributed by atoms with Crippen molar-refractivity contribution in [1.29, 1.82) is 0 Å². The van der Waals surface area contributed by atoms with Gasteiger partial charge in [-0.3, -0.25) is 4.79 Å². The second-order valence-corrected chi connectivity index (χ2v) is 18.0. The van der Waals surface area contributed by atoms with Crippen molar-refractivity contribution in [3.05, 3.63) is 59.7 Å². The zero-order valence-electron chi connectivity index (χ0n) is 31.3. The molecule has 4 N–H and O–H groups in total. The van der Waals surface area contributed by atoms with Gasteiger partial charge in [0.25, 0.3) is 0 Å². The van der Waals surface area contributed by atoms with Crippen molar-refractivity contribution >= 4 is 12.3 Å². The zero-order valence-corrected chi connectivity index (χ0v) is 31.3. The van der Waals surface area contributed by atoms with E-state index in [1.807, 2.05) is 18.6 Å². The molecule has 2 aromatic carbocycles. The molecule has 11 atom stereocenters. The molecule has 7 rings (SSSR count). The number of unbranched alkanes of at least 4 members (excludes halogenated alkanes) is 1. The lowest BCUT2D eigenvalue weighted by Crippen LogP contribution is -2.61. The van der Waals surface area contributed by atoms with E-state index < -0.39 is 17.6 Å². The van der Waals surface area contributed by atoms with Crippen LogP contribution in [0.2, 0.25) is 0 Å². The van der Waals surface area contributed by atoms with Crippen molar-refractivity contribution in [3.63, 3.8) is 0 Å². The molecule has 5 aliphatic rings. The molecule has 0 spiro atoms. The molecule has 0 aromatic heterocycles. The van der Waals surface area contributed by atoms with E-state index in [2.05, 4.69) is 64.1 Å². The number of carbonyl (C=O) groups is 1. The lowest BCUT2D eigenvalue weighted by atomic mass is 9.43. The number of benzene rings is 2. The molecular weight excluding hydrogens is 617 g/mol. The Balaban J connectivity index is 1.23. The van der Waals surface area contributed by atoms with Crippen LogP contribution in [-0.4, -0.2) is 30.4 Å². The van der Waals surface area contributed by atoms with Crippen LogP contribution in [0, 0.1) is 52.3 Å². The average molecular weight is 680 g/mol. The topological polar surface area (TPSA) is 95.4 Å². The van der Waals surface area contributed by atoms with Crippen molar-refractivity contribution in [1.82, 2.24) is 0 Å². The third-order valence-corrected chi connectivity index (χ3v) is 15.9. The quantitative estimate of drug-likeness (QED) is 0.206. The molecule has 4 saturated carbocycles. The largest absolute Gasteiger partial charge is 0.441 e. The first-order chi connectivity index (χ1) is 24.2. The number of carbonyl (C=O) groups excluding carboxylic acids is 2. The Morgan fingerprint density at radius 2 is 1.56 bits per heavy atom. The molecule has 0 amide bonds. The van der Waals surface area contributed by atoms with E-state index in [1.54, 1.807) is 0 Å². The Hall–Kier alpha value is -2.50. The van der Waals surface area contributed by atoms with Gasteiger partial charge in [-0.1, -0.05) is 95.5 Å². The highest BCUT2D eigenvalue weighted by molar-refractivity contribution is 5.97. The smallest absolute Gasteiger partial charge is 0.418 e. The third-order valence-electron chi connectivity index (χ3n) is 15.9. The summed E-state index contributed by atoms with van der Waals surface area (Å²) in [7, 11) is 0. The Kier molecular flexibility index (Phi) is 10.2. The summed E-state index contributed by atoms with van der Waals surface area (Å²) in [6.45, 7) is 12.6. The Morgan fingerprint density at radius 3 is 2.22 bits per heavy atom. The molecule has 5 aliphatic carbocycles. The minimum Gasteiger partial charge on any atom is -0.441 e. The first-order valence-electron chi connectivity index (χ1n) is 20.4. The summed E-state index contributed by atoms with van der Waals surface area (Å²) in [4.78, 5) is 27.8. The number of hydrogen-bond acceptors (Lipinski definition) is 5. The second-order valence-electron chi connectivity index (χ2n) is 18.0. The predicted octanol–water partition coefficient (Wildman–Crippen LogP) is 9.36. The number of nitrogens with two attached hydrogens (primary N) is 2. The summed E-state index contributed by atoms with van der Waals surface area (Å²) in [6.07, 6.45) is 15.6. The maximum absolute atomic E-state index is 15.2. The molecule has 6 unspecified atom stereocenters. The molecule has 4 fully saturated rings. The van der Waals surface area contributed by atoms with Gasteiger partial charge in [0.1, 0.15) is 0 Å². The van der Waals surface area contributed by atoms with E-state index in [1.165, 1.54) is 51.4 Å². The third kappa shape index (κ3) is 5.54. The van der Waals surface area contributed by atoms with E-state index in [-0.39, 0.29) is 17.1 Å². The van der Waals surface area contributed by atoms with Gasteiger partial charge in [0, 0.05) is 5.92 Å². The first-order valence-corrected chi connectivity index (χ1v) is 20.4. The first kappa shape index (κ1) is 35.9. The van der Waals surface area contributed by atoms with Crippen LogP contribution >= 0.6 is 0 Å². The van der Waals surface area contributed by atoms with Crippen LogP contribution in [-0.2, 0) is 14.3 Å². The maximum Gasteiger partial charge on any atom is 0.418 e. The Bertz CT molecular complexity index is 1490. The van der Waals surface area contributed by atoms with Crippen molar-refractivity contribution < 1.29 is 14.3 Å². The molecule has 0 aliphatic heterocycles. The number of hydrogen-bond donors (Lipinski definition) is 2. The lowest BCUT2D eigenvalue weighted by Gasteiger charge is -2.62. The lowest BCUT2D eigenvalue weighted by molar-refractivity contribution is -0.160. The van der Waals surface area contributed by atoms with Crippen molar-refractivity contribution in [2.75, 3.05) is 6.54 Å². The number of Topliss-reactive ketones (excluding diaryl/α,β-unsaturated/α-hetero) is 1. The molecule has 5 heteroatoms. The molecule has 50 heavy (non-hydrogen) atoms. The van der Waals surface area contributed by atoms with Crippen molar-refractivity contribution in [2.45, 2.75) is 135 Å². The van der Waals surface area contributed by atoms with Crippen LogP contribution in [0.25, 0.3) is 11.1 Å². The van der Waals surface area contributed by atoms with Gasteiger partial charge in [0.15, 0.2) is 11.4 Å². The fourth-order valence-electron chi connectivity index (χ4n) is 13.7. The summed E-state index contributed by atoms with van der Waals surface area (Å²) in [5.41, 5.74) is 16.3. The van der Waals surface area contributed by atoms with Crippen LogP contribution in [0.15, 0.2) is 48.5 Å². The van der Waals surface area contributed by atoms with Gasteiger partial charge in [0.2, 0.25) is 0 Å². The summed E-state index contributed by atoms with van der Waals surface area (Å²) < 4.78 is 6.34.